The second-order valence-electron chi connectivity index (χ2n) is 3.22. The van der Waals surface area contributed by atoms with Crippen LogP contribution in [0, 0.1) is 6.92 Å². The van der Waals surface area contributed by atoms with Crippen molar-refractivity contribution < 1.29 is 14.3 Å². The highest BCUT2D eigenvalue weighted by Crippen LogP contribution is 2.21. The number of hydrogen-bond acceptors (Lipinski definition) is 4. The summed E-state index contributed by atoms with van der Waals surface area (Å²) >= 11 is 0. The number of carbonyl (C=O) groups is 1. The zero-order valence-electron chi connectivity index (χ0n) is 9.52. The lowest BCUT2D eigenvalue weighted by atomic mass is 10.0. The monoisotopic (exact) mass is 245 g/mol. The number of methoxy groups -OCH3 is 2. The molecule has 0 bridgehead atoms. The predicted octanol–water partition coefficient (Wildman–Crippen LogP) is 1.60. The average Bonchev–Trinajstić information content (AvgIpc) is 2.26. The molecule has 0 spiro atoms. The van der Waals surface area contributed by atoms with E-state index in [4.69, 9.17) is 10.5 Å². The molecule has 0 aromatic heterocycles. The van der Waals surface area contributed by atoms with Crippen molar-refractivity contribution in [1.82, 2.24) is 0 Å². The van der Waals surface area contributed by atoms with Crippen LogP contribution in [0.15, 0.2) is 18.2 Å². The SMILES string of the molecule is COC(=O)[C@H](N)c1ccc(OC)cc1C.Cl. The van der Waals surface area contributed by atoms with Crippen molar-refractivity contribution in [3.63, 3.8) is 0 Å². The Hall–Kier alpha value is -1.26. The average molecular weight is 246 g/mol. The van der Waals surface area contributed by atoms with Crippen LogP contribution in [-0.2, 0) is 9.53 Å². The van der Waals surface area contributed by atoms with Crippen molar-refractivity contribution in [2.75, 3.05) is 14.2 Å². The zero-order valence-corrected chi connectivity index (χ0v) is 10.3. The van der Waals surface area contributed by atoms with Crippen molar-refractivity contribution in [2.45, 2.75) is 13.0 Å². The van der Waals surface area contributed by atoms with Crippen LogP contribution in [0.3, 0.4) is 0 Å². The topological polar surface area (TPSA) is 61.5 Å². The maximum Gasteiger partial charge on any atom is 0.327 e. The first-order valence-corrected chi connectivity index (χ1v) is 4.58. The first-order chi connectivity index (χ1) is 7.10. The molecule has 0 saturated heterocycles. The van der Waals surface area contributed by atoms with Crippen molar-refractivity contribution >= 4 is 18.4 Å². The summed E-state index contributed by atoms with van der Waals surface area (Å²) in [5.74, 6) is 0.302. The number of aryl methyl sites for hydroxylation is 1. The van der Waals surface area contributed by atoms with Gasteiger partial charge in [0, 0.05) is 0 Å². The Labute approximate surface area is 101 Å². The maximum absolute atomic E-state index is 11.2. The van der Waals surface area contributed by atoms with Gasteiger partial charge in [0.25, 0.3) is 0 Å². The zero-order chi connectivity index (χ0) is 11.4. The fourth-order valence-corrected chi connectivity index (χ4v) is 1.38. The maximum atomic E-state index is 11.2. The molecule has 0 amide bonds. The molecule has 0 aliphatic carbocycles. The number of hydrogen-bond donors (Lipinski definition) is 1. The molecule has 2 N–H and O–H groups in total. The van der Waals surface area contributed by atoms with E-state index in [0.29, 0.717) is 0 Å². The van der Waals surface area contributed by atoms with Gasteiger partial charge in [0.15, 0.2) is 0 Å². The van der Waals surface area contributed by atoms with Crippen molar-refractivity contribution in [3.8, 4) is 5.75 Å². The van der Waals surface area contributed by atoms with Gasteiger partial charge in [0.05, 0.1) is 14.2 Å². The Kier molecular flexibility index (Phi) is 5.85. The molecular weight excluding hydrogens is 230 g/mol. The first kappa shape index (κ1) is 14.7. The Balaban J connectivity index is 0.00000225. The molecule has 0 fully saturated rings. The molecule has 0 aliphatic rings. The Morgan fingerprint density at radius 3 is 2.44 bits per heavy atom. The Morgan fingerprint density at radius 2 is 2.00 bits per heavy atom. The number of halogens is 1. The number of nitrogens with two attached hydrogens (primary N) is 1. The lowest BCUT2D eigenvalue weighted by molar-refractivity contribution is -0.142. The van der Waals surface area contributed by atoms with Gasteiger partial charge in [0.2, 0.25) is 0 Å². The molecule has 4 nitrogen and oxygen atoms in total. The third kappa shape index (κ3) is 3.12. The number of esters is 1. The van der Waals surface area contributed by atoms with Crippen LogP contribution in [0.25, 0.3) is 0 Å². The van der Waals surface area contributed by atoms with E-state index in [2.05, 4.69) is 4.74 Å². The smallest absolute Gasteiger partial charge is 0.327 e. The summed E-state index contributed by atoms with van der Waals surface area (Å²) in [6.07, 6.45) is 0. The number of benzene rings is 1. The molecule has 1 rings (SSSR count). The first-order valence-electron chi connectivity index (χ1n) is 4.58. The van der Waals surface area contributed by atoms with Gasteiger partial charge < -0.3 is 15.2 Å². The summed E-state index contributed by atoms with van der Waals surface area (Å²) < 4.78 is 9.64. The van der Waals surface area contributed by atoms with E-state index in [9.17, 15) is 4.79 Å². The lowest BCUT2D eigenvalue weighted by Crippen LogP contribution is -2.23. The summed E-state index contributed by atoms with van der Waals surface area (Å²) in [5.41, 5.74) is 7.39. The Morgan fingerprint density at radius 1 is 1.38 bits per heavy atom. The summed E-state index contributed by atoms with van der Waals surface area (Å²) in [5, 5.41) is 0. The van der Waals surface area contributed by atoms with Crippen LogP contribution in [0.4, 0.5) is 0 Å². The predicted molar refractivity (Wildman–Crippen MR) is 63.9 cm³/mol. The molecule has 0 saturated carbocycles. The van der Waals surface area contributed by atoms with E-state index >= 15 is 0 Å². The third-order valence-electron chi connectivity index (χ3n) is 2.27. The third-order valence-corrected chi connectivity index (χ3v) is 2.27. The molecule has 0 heterocycles. The van der Waals surface area contributed by atoms with Crippen LogP contribution in [0.5, 0.6) is 5.75 Å². The number of rotatable bonds is 3. The molecular formula is C11H16ClNO3. The Bertz CT molecular complexity index is 368. The van der Waals surface area contributed by atoms with Crippen LogP contribution < -0.4 is 10.5 Å². The minimum atomic E-state index is -0.735. The fourth-order valence-electron chi connectivity index (χ4n) is 1.38. The highest BCUT2D eigenvalue weighted by Gasteiger charge is 2.18. The second-order valence-corrected chi connectivity index (χ2v) is 3.22. The van der Waals surface area contributed by atoms with Gasteiger partial charge in [-0.3, -0.25) is 4.79 Å². The number of ether oxygens (including phenoxy) is 2. The van der Waals surface area contributed by atoms with Crippen LogP contribution in [0.2, 0.25) is 0 Å². The van der Waals surface area contributed by atoms with E-state index in [0.717, 1.165) is 16.9 Å². The molecule has 5 heteroatoms. The van der Waals surface area contributed by atoms with Gasteiger partial charge in [-0.2, -0.15) is 0 Å². The van der Waals surface area contributed by atoms with E-state index in [1.807, 2.05) is 13.0 Å². The second kappa shape index (κ2) is 6.35. The standard InChI is InChI=1S/C11H15NO3.ClH/c1-7-6-8(14-2)4-5-9(7)10(12)11(13)15-3;/h4-6,10H,12H2,1-3H3;1H/t10-;/m1./s1. The van der Waals surface area contributed by atoms with Gasteiger partial charge in [-0.25, -0.2) is 0 Å². The molecule has 1 atom stereocenters. The molecule has 1 aromatic rings. The fraction of sp³-hybridized carbons (Fsp3) is 0.364. The van der Waals surface area contributed by atoms with E-state index in [1.165, 1.54) is 7.11 Å². The highest BCUT2D eigenvalue weighted by atomic mass is 35.5. The van der Waals surface area contributed by atoms with Gasteiger partial charge in [-0.05, 0) is 30.2 Å². The van der Waals surface area contributed by atoms with Crippen LogP contribution in [0.1, 0.15) is 17.2 Å². The minimum absolute atomic E-state index is 0. The molecule has 0 radical (unpaired) electrons. The molecule has 1 aromatic carbocycles. The summed E-state index contributed by atoms with van der Waals surface area (Å²) in [7, 11) is 2.91. The van der Waals surface area contributed by atoms with Crippen molar-refractivity contribution in [1.29, 1.82) is 0 Å². The minimum Gasteiger partial charge on any atom is -0.497 e. The van der Waals surface area contributed by atoms with Crippen molar-refractivity contribution in [3.05, 3.63) is 29.3 Å². The van der Waals surface area contributed by atoms with Gasteiger partial charge in [-0.1, -0.05) is 6.07 Å². The lowest BCUT2D eigenvalue weighted by Gasteiger charge is -2.13. The van der Waals surface area contributed by atoms with E-state index in [1.54, 1.807) is 19.2 Å². The highest BCUT2D eigenvalue weighted by molar-refractivity contribution is 5.85. The van der Waals surface area contributed by atoms with E-state index < -0.39 is 12.0 Å². The summed E-state index contributed by atoms with van der Waals surface area (Å²) in [6, 6.07) is 4.64. The summed E-state index contributed by atoms with van der Waals surface area (Å²) in [4.78, 5) is 11.2. The molecule has 90 valence electrons. The van der Waals surface area contributed by atoms with Crippen LogP contribution in [-0.4, -0.2) is 20.2 Å². The molecule has 16 heavy (non-hydrogen) atoms. The number of carbonyl (C=O) groups excluding carboxylic acids is 1. The normalized spacial score (nSPS) is 11.2. The quantitative estimate of drug-likeness (QED) is 0.822. The van der Waals surface area contributed by atoms with Crippen molar-refractivity contribution in [2.24, 2.45) is 5.73 Å². The van der Waals surface area contributed by atoms with Gasteiger partial charge in [-0.15, -0.1) is 12.4 Å². The molecule has 0 aliphatic heterocycles. The van der Waals surface area contributed by atoms with Gasteiger partial charge >= 0.3 is 5.97 Å². The van der Waals surface area contributed by atoms with Crippen LogP contribution >= 0.6 is 12.4 Å². The van der Waals surface area contributed by atoms with Gasteiger partial charge in [0.1, 0.15) is 11.8 Å². The summed E-state index contributed by atoms with van der Waals surface area (Å²) in [6.45, 7) is 1.88. The molecule has 0 unspecified atom stereocenters. The largest absolute Gasteiger partial charge is 0.497 e. The van der Waals surface area contributed by atoms with E-state index in [-0.39, 0.29) is 12.4 Å².